The Balaban J connectivity index is 2.62. The SMILES string of the molecule is CC[C@H](C)[C@H](NC(N)=O)C(=O)NNC(=S)Nc1cccc(C)c1C. The molecule has 0 radical (unpaired) electrons. The van der Waals surface area contributed by atoms with Crippen LogP contribution in [-0.2, 0) is 4.79 Å². The molecular formula is C16H25N5O2S. The zero-order valence-electron chi connectivity index (χ0n) is 14.4. The van der Waals surface area contributed by atoms with E-state index in [0.717, 1.165) is 16.8 Å². The van der Waals surface area contributed by atoms with Gasteiger partial charge in [0.05, 0.1) is 0 Å². The second kappa shape index (κ2) is 9.07. The van der Waals surface area contributed by atoms with E-state index in [2.05, 4.69) is 21.5 Å². The fraction of sp³-hybridized carbons (Fsp3) is 0.438. The maximum absolute atomic E-state index is 12.2. The Bertz CT molecular complexity index is 620. The number of primary amides is 1. The van der Waals surface area contributed by atoms with Crippen molar-refractivity contribution < 1.29 is 9.59 Å². The van der Waals surface area contributed by atoms with Crippen LogP contribution in [-0.4, -0.2) is 23.1 Å². The van der Waals surface area contributed by atoms with Crippen LogP contribution in [0.15, 0.2) is 18.2 Å². The van der Waals surface area contributed by atoms with Gasteiger partial charge in [-0.25, -0.2) is 4.79 Å². The maximum atomic E-state index is 12.2. The van der Waals surface area contributed by atoms with E-state index in [9.17, 15) is 9.59 Å². The van der Waals surface area contributed by atoms with Crippen LogP contribution in [0.2, 0.25) is 0 Å². The molecule has 0 saturated carbocycles. The average Bonchev–Trinajstić information content (AvgIpc) is 2.53. The van der Waals surface area contributed by atoms with E-state index in [4.69, 9.17) is 18.0 Å². The third-order valence-corrected chi connectivity index (χ3v) is 4.15. The van der Waals surface area contributed by atoms with Crippen LogP contribution >= 0.6 is 12.2 Å². The van der Waals surface area contributed by atoms with Crippen LogP contribution < -0.4 is 27.2 Å². The number of aryl methyl sites for hydroxylation is 1. The van der Waals surface area contributed by atoms with E-state index in [1.807, 2.05) is 45.9 Å². The zero-order chi connectivity index (χ0) is 18.3. The predicted octanol–water partition coefficient (Wildman–Crippen LogP) is 1.70. The highest BCUT2D eigenvalue weighted by Crippen LogP contribution is 2.17. The van der Waals surface area contributed by atoms with Gasteiger partial charge in [0.15, 0.2) is 5.11 Å². The van der Waals surface area contributed by atoms with Gasteiger partial charge in [-0.1, -0.05) is 32.4 Å². The molecule has 24 heavy (non-hydrogen) atoms. The van der Waals surface area contributed by atoms with Crippen molar-refractivity contribution in [1.29, 1.82) is 0 Å². The van der Waals surface area contributed by atoms with Crippen LogP contribution in [0.3, 0.4) is 0 Å². The summed E-state index contributed by atoms with van der Waals surface area (Å²) in [5.41, 5.74) is 13.3. The van der Waals surface area contributed by atoms with E-state index < -0.39 is 18.0 Å². The van der Waals surface area contributed by atoms with Crippen molar-refractivity contribution in [3.8, 4) is 0 Å². The summed E-state index contributed by atoms with van der Waals surface area (Å²) in [6.07, 6.45) is 0.712. The second-order valence-electron chi connectivity index (χ2n) is 5.69. The van der Waals surface area contributed by atoms with Gasteiger partial charge in [0.2, 0.25) is 0 Å². The molecule has 1 aromatic rings. The van der Waals surface area contributed by atoms with Gasteiger partial charge < -0.3 is 16.4 Å². The number of benzene rings is 1. The van der Waals surface area contributed by atoms with Crippen molar-refractivity contribution in [2.75, 3.05) is 5.32 Å². The topological polar surface area (TPSA) is 108 Å². The number of nitrogens with two attached hydrogens (primary N) is 1. The molecule has 132 valence electrons. The number of carbonyl (C=O) groups excluding carboxylic acids is 2. The molecule has 0 aliphatic carbocycles. The van der Waals surface area contributed by atoms with Gasteiger partial charge in [0.25, 0.3) is 5.91 Å². The molecule has 1 aromatic carbocycles. The maximum Gasteiger partial charge on any atom is 0.312 e. The van der Waals surface area contributed by atoms with Crippen molar-refractivity contribution in [1.82, 2.24) is 16.2 Å². The van der Waals surface area contributed by atoms with Crippen LogP contribution in [0.4, 0.5) is 10.5 Å². The van der Waals surface area contributed by atoms with Crippen LogP contribution in [0.25, 0.3) is 0 Å². The molecule has 8 heteroatoms. The molecule has 2 atom stereocenters. The first-order chi connectivity index (χ1) is 11.3. The lowest BCUT2D eigenvalue weighted by molar-refractivity contribution is -0.124. The van der Waals surface area contributed by atoms with E-state index >= 15 is 0 Å². The highest BCUT2D eigenvalue weighted by atomic mass is 32.1. The Hall–Kier alpha value is -2.35. The summed E-state index contributed by atoms with van der Waals surface area (Å²) in [7, 11) is 0. The fourth-order valence-corrected chi connectivity index (χ4v) is 2.25. The van der Waals surface area contributed by atoms with Crippen molar-refractivity contribution >= 4 is 35.0 Å². The van der Waals surface area contributed by atoms with E-state index in [0.29, 0.717) is 6.42 Å². The highest BCUT2D eigenvalue weighted by Gasteiger charge is 2.25. The molecule has 0 spiro atoms. The molecule has 0 heterocycles. The lowest BCUT2D eigenvalue weighted by Crippen LogP contribution is -2.56. The first-order valence-electron chi connectivity index (χ1n) is 7.75. The molecule has 6 N–H and O–H groups in total. The Morgan fingerprint density at radius 2 is 1.92 bits per heavy atom. The minimum atomic E-state index is -0.744. The van der Waals surface area contributed by atoms with Crippen molar-refractivity contribution in [3.05, 3.63) is 29.3 Å². The summed E-state index contributed by atoms with van der Waals surface area (Å²) in [6, 6.07) is 4.34. The quantitative estimate of drug-likeness (QED) is 0.410. The summed E-state index contributed by atoms with van der Waals surface area (Å²) < 4.78 is 0. The number of amides is 3. The minimum absolute atomic E-state index is 0.0696. The first-order valence-corrected chi connectivity index (χ1v) is 8.16. The Kier molecular flexibility index (Phi) is 7.44. The van der Waals surface area contributed by atoms with Crippen molar-refractivity contribution in [2.45, 2.75) is 40.2 Å². The lowest BCUT2D eigenvalue weighted by atomic mass is 9.99. The predicted molar refractivity (Wildman–Crippen MR) is 99.4 cm³/mol. The number of hydrogen-bond acceptors (Lipinski definition) is 3. The van der Waals surface area contributed by atoms with Gasteiger partial charge in [0.1, 0.15) is 6.04 Å². The third-order valence-electron chi connectivity index (χ3n) is 3.95. The molecule has 1 rings (SSSR count). The van der Waals surface area contributed by atoms with Gasteiger partial charge in [0, 0.05) is 5.69 Å². The largest absolute Gasteiger partial charge is 0.352 e. The van der Waals surface area contributed by atoms with Gasteiger partial charge in [-0.2, -0.15) is 0 Å². The number of rotatable bonds is 5. The van der Waals surface area contributed by atoms with Crippen molar-refractivity contribution in [2.24, 2.45) is 11.7 Å². The highest BCUT2D eigenvalue weighted by molar-refractivity contribution is 7.80. The Labute approximate surface area is 147 Å². The number of anilines is 1. The third kappa shape index (κ3) is 5.69. The standard InChI is InChI=1S/C16H25N5O2S/c1-5-9(2)13(19-15(17)23)14(22)20-21-16(24)18-12-8-6-7-10(3)11(12)4/h6-9,13H,5H2,1-4H3,(H,20,22)(H3,17,19,23)(H2,18,21,24)/t9-,13-/m0/s1. The fourth-order valence-electron chi connectivity index (χ4n) is 2.09. The molecule has 0 fully saturated rings. The van der Waals surface area contributed by atoms with E-state index in [1.165, 1.54) is 0 Å². The molecule has 0 bridgehead atoms. The minimum Gasteiger partial charge on any atom is -0.352 e. The van der Waals surface area contributed by atoms with E-state index in [-0.39, 0.29) is 11.0 Å². The van der Waals surface area contributed by atoms with Crippen LogP contribution in [0.5, 0.6) is 0 Å². The monoisotopic (exact) mass is 351 g/mol. The van der Waals surface area contributed by atoms with Gasteiger partial charge in [-0.15, -0.1) is 0 Å². The normalized spacial score (nSPS) is 12.7. The molecule has 0 aromatic heterocycles. The number of hydrogen-bond donors (Lipinski definition) is 5. The molecule has 7 nitrogen and oxygen atoms in total. The molecule has 3 amide bonds. The molecule has 0 aliphatic heterocycles. The van der Waals surface area contributed by atoms with Gasteiger partial charge in [-0.05, 0) is 49.2 Å². The summed E-state index contributed by atoms with van der Waals surface area (Å²) in [6.45, 7) is 7.76. The summed E-state index contributed by atoms with van der Waals surface area (Å²) in [4.78, 5) is 23.3. The van der Waals surface area contributed by atoms with E-state index in [1.54, 1.807) is 0 Å². The summed E-state index contributed by atoms with van der Waals surface area (Å²) in [5.74, 6) is -0.479. The number of hydrazine groups is 1. The molecule has 0 unspecified atom stereocenters. The molecule has 0 saturated heterocycles. The summed E-state index contributed by atoms with van der Waals surface area (Å²) in [5, 5.41) is 5.72. The number of carbonyl (C=O) groups is 2. The molecule has 0 aliphatic rings. The average molecular weight is 351 g/mol. The Morgan fingerprint density at radius 3 is 2.50 bits per heavy atom. The van der Waals surface area contributed by atoms with Gasteiger partial charge >= 0.3 is 6.03 Å². The number of nitrogens with one attached hydrogen (secondary N) is 4. The second-order valence-corrected chi connectivity index (χ2v) is 6.10. The number of urea groups is 1. The molecular weight excluding hydrogens is 326 g/mol. The first kappa shape index (κ1) is 19.7. The Morgan fingerprint density at radius 1 is 1.25 bits per heavy atom. The smallest absolute Gasteiger partial charge is 0.312 e. The van der Waals surface area contributed by atoms with Gasteiger partial charge in [-0.3, -0.25) is 15.6 Å². The van der Waals surface area contributed by atoms with Crippen LogP contribution in [0, 0.1) is 19.8 Å². The lowest BCUT2D eigenvalue weighted by Gasteiger charge is -2.23. The number of thiocarbonyl (C=S) groups is 1. The van der Waals surface area contributed by atoms with Crippen molar-refractivity contribution in [3.63, 3.8) is 0 Å². The summed E-state index contributed by atoms with van der Waals surface area (Å²) >= 11 is 5.18. The van der Waals surface area contributed by atoms with Crippen LogP contribution in [0.1, 0.15) is 31.4 Å². The zero-order valence-corrected chi connectivity index (χ0v) is 15.2.